The standard InChI is InChI=1S/C50H60ClN9O9/c1-34-46(60(66)67)45(54-69-34)50(65)58-30-28-57(29-31-58)47(35-12-16-37(51)17-13-35)36-14-18-38(19-15-36)68-33-44(62)56-26-24-55(25-27-56)23-8-6-4-2-3-5-7-22-52-41-11-9-10-39-40(41)32-59(49(39)64)42-20-21-43(61)53-48(42)63/h9-19,42,47,52H,2-8,20-33H2,1H3,(H,53,61,63). The number of anilines is 1. The van der Waals surface area contributed by atoms with Crippen LogP contribution in [0.3, 0.4) is 0 Å². The number of hydrogen-bond donors (Lipinski definition) is 2. The summed E-state index contributed by atoms with van der Waals surface area (Å²) in [4.78, 5) is 84.2. The van der Waals surface area contributed by atoms with E-state index in [4.69, 9.17) is 20.9 Å². The Labute approximate surface area is 406 Å². The number of carbonyl (C=O) groups is 5. The monoisotopic (exact) mass is 965 g/mol. The van der Waals surface area contributed by atoms with Gasteiger partial charge >= 0.3 is 5.69 Å². The van der Waals surface area contributed by atoms with Crippen LogP contribution in [0, 0.1) is 17.0 Å². The minimum Gasteiger partial charge on any atom is -0.484 e. The number of nitro groups is 1. The summed E-state index contributed by atoms with van der Waals surface area (Å²) in [7, 11) is 0. The van der Waals surface area contributed by atoms with Crippen molar-refractivity contribution >= 4 is 52.5 Å². The number of unbranched alkanes of at least 4 members (excludes halogenated alkanes) is 6. The van der Waals surface area contributed by atoms with Gasteiger partial charge < -0.3 is 29.3 Å². The van der Waals surface area contributed by atoms with Gasteiger partial charge in [-0.05, 0) is 73.3 Å². The Bertz CT molecular complexity index is 2490. The average molecular weight is 967 g/mol. The molecule has 2 unspecified atom stereocenters. The predicted octanol–water partition coefficient (Wildman–Crippen LogP) is 6.22. The van der Waals surface area contributed by atoms with Crippen LogP contribution in [-0.4, -0.2) is 142 Å². The van der Waals surface area contributed by atoms with Gasteiger partial charge in [-0.15, -0.1) is 0 Å². The van der Waals surface area contributed by atoms with Crippen LogP contribution in [0.15, 0.2) is 71.3 Å². The normalized spacial score (nSPS) is 18.3. The first-order chi connectivity index (χ1) is 33.4. The number of aromatic nitrogens is 1. The van der Waals surface area contributed by atoms with Gasteiger partial charge in [0.1, 0.15) is 11.8 Å². The number of ether oxygens (including phenoxy) is 1. The van der Waals surface area contributed by atoms with Gasteiger partial charge in [0.05, 0.1) is 11.0 Å². The molecular formula is C50H60ClN9O9. The van der Waals surface area contributed by atoms with Crippen LogP contribution in [0.25, 0.3) is 0 Å². The van der Waals surface area contributed by atoms with E-state index in [1.54, 1.807) is 9.80 Å². The van der Waals surface area contributed by atoms with Crippen LogP contribution >= 0.6 is 11.6 Å². The molecule has 4 aliphatic heterocycles. The number of hydrogen-bond acceptors (Lipinski definition) is 13. The first kappa shape index (κ1) is 49.1. The summed E-state index contributed by atoms with van der Waals surface area (Å²) in [6.45, 7) is 8.30. The molecule has 4 aliphatic rings. The molecular weight excluding hydrogens is 906 g/mol. The van der Waals surface area contributed by atoms with E-state index >= 15 is 0 Å². The predicted molar refractivity (Wildman–Crippen MR) is 257 cm³/mol. The maximum absolute atomic E-state index is 13.2. The second kappa shape index (κ2) is 22.8. The maximum atomic E-state index is 13.2. The highest BCUT2D eigenvalue weighted by molar-refractivity contribution is 6.30. The summed E-state index contributed by atoms with van der Waals surface area (Å²) in [6.07, 6.45) is 8.59. The molecule has 366 valence electrons. The number of imide groups is 1. The number of benzene rings is 3. The SMILES string of the molecule is Cc1onc(C(=O)N2CCN(C(c3ccc(Cl)cc3)c3ccc(OCC(=O)N4CCN(CCCCCCCCCNc5cccc6c5CN(C5CCC(=O)NC5=O)C6=O)CC4)cc3)CC2)c1[N+](=O)[O-]. The molecule has 69 heavy (non-hydrogen) atoms. The lowest BCUT2D eigenvalue weighted by molar-refractivity contribution is -0.386. The highest BCUT2D eigenvalue weighted by Gasteiger charge is 2.40. The molecule has 4 aromatic rings. The molecule has 3 saturated heterocycles. The smallest absolute Gasteiger partial charge is 0.344 e. The maximum Gasteiger partial charge on any atom is 0.344 e. The van der Waals surface area contributed by atoms with Gasteiger partial charge in [-0.2, -0.15) is 0 Å². The van der Waals surface area contributed by atoms with Crippen LogP contribution in [0.1, 0.15) is 107 Å². The van der Waals surface area contributed by atoms with Crippen molar-refractivity contribution in [2.24, 2.45) is 0 Å². The first-order valence-corrected chi connectivity index (χ1v) is 24.5. The van der Waals surface area contributed by atoms with Gasteiger partial charge in [-0.25, -0.2) is 0 Å². The van der Waals surface area contributed by atoms with Crippen molar-refractivity contribution in [2.45, 2.75) is 83.3 Å². The molecule has 1 aromatic heterocycles. The number of carbonyl (C=O) groups excluding carboxylic acids is 5. The fourth-order valence-electron chi connectivity index (χ4n) is 9.84. The number of fused-ring (bicyclic) bond motifs is 1. The van der Waals surface area contributed by atoms with Crippen molar-refractivity contribution in [3.05, 3.63) is 116 Å². The highest BCUT2D eigenvalue weighted by atomic mass is 35.5. The fourth-order valence-corrected chi connectivity index (χ4v) is 9.96. The van der Waals surface area contributed by atoms with Crippen LogP contribution < -0.4 is 15.4 Å². The van der Waals surface area contributed by atoms with E-state index in [1.807, 2.05) is 71.6 Å². The Morgan fingerprint density at radius 3 is 2.20 bits per heavy atom. The molecule has 3 aromatic carbocycles. The van der Waals surface area contributed by atoms with Crippen molar-refractivity contribution < 1.29 is 38.2 Å². The Balaban J connectivity index is 0.699. The highest BCUT2D eigenvalue weighted by Crippen LogP contribution is 2.34. The summed E-state index contributed by atoms with van der Waals surface area (Å²) in [5.74, 6) is -0.836. The number of rotatable bonds is 20. The van der Waals surface area contributed by atoms with E-state index in [9.17, 15) is 34.1 Å². The lowest BCUT2D eigenvalue weighted by Gasteiger charge is -2.39. The van der Waals surface area contributed by atoms with Crippen molar-refractivity contribution in [2.75, 3.05) is 77.4 Å². The molecule has 0 saturated carbocycles. The molecule has 2 atom stereocenters. The van der Waals surface area contributed by atoms with Crippen molar-refractivity contribution in [1.29, 1.82) is 0 Å². The Morgan fingerprint density at radius 1 is 0.870 bits per heavy atom. The van der Waals surface area contributed by atoms with Gasteiger partial charge in [0.2, 0.25) is 23.3 Å². The largest absolute Gasteiger partial charge is 0.484 e. The van der Waals surface area contributed by atoms with Crippen molar-refractivity contribution in [1.82, 2.24) is 35.0 Å². The zero-order valence-corrected chi connectivity index (χ0v) is 39.8. The molecule has 3 fully saturated rings. The zero-order valence-electron chi connectivity index (χ0n) is 39.0. The molecule has 8 rings (SSSR count). The van der Waals surface area contributed by atoms with Crippen LogP contribution in [0.5, 0.6) is 5.75 Å². The van der Waals surface area contributed by atoms with Gasteiger partial charge in [0.15, 0.2) is 6.61 Å². The number of halogens is 1. The van der Waals surface area contributed by atoms with E-state index in [0.29, 0.717) is 68.6 Å². The molecule has 0 aliphatic carbocycles. The summed E-state index contributed by atoms with van der Waals surface area (Å²) >= 11 is 6.25. The summed E-state index contributed by atoms with van der Waals surface area (Å²) in [6, 6.07) is 20.2. The minimum atomic E-state index is -0.638. The number of amides is 5. The van der Waals surface area contributed by atoms with E-state index in [0.717, 1.165) is 67.8 Å². The van der Waals surface area contributed by atoms with E-state index in [-0.39, 0.29) is 48.2 Å². The van der Waals surface area contributed by atoms with Crippen molar-refractivity contribution in [3.8, 4) is 5.75 Å². The van der Waals surface area contributed by atoms with E-state index in [2.05, 4.69) is 25.6 Å². The molecule has 5 amide bonds. The topological polar surface area (TPSA) is 204 Å². The van der Waals surface area contributed by atoms with Crippen LogP contribution in [0.2, 0.25) is 5.02 Å². The number of aryl methyl sites for hydroxylation is 1. The van der Waals surface area contributed by atoms with Crippen LogP contribution in [0.4, 0.5) is 11.4 Å². The second-order valence-electron chi connectivity index (χ2n) is 18.2. The third-order valence-electron chi connectivity index (χ3n) is 13.7. The van der Waals surface area contributed by atoms with Crippen molar-refractivity contribution in [3.63, 3.8) is 0 Å². The Morgan fingerprint density at radius 2 is 1.52 bits per heavy atom. The van der Waals surface area contributed by atoms with E-state index < -0.39 is 28.5 Å². The molecule has 0 spiro atoms. The van der Waals surface area contributed by atoms with Gasteiger partial charge in [-0.3, -0.25) is 49.2 Å². The van der Waals surface area contributed by atoms with Gasteiger partial charge in [0, 0.05) is 101 Å². The zero-order chi connectivity index (χ0) is 48.4. The lowest BCUT2D eigenvalue weighted by atomic mass is 9.96. The molecule has 19 heteroatoms. The first-order valence-electron chi connectivity index (χ1n) is 24.1. The Kier molecular flexibility index (Phi) is 16.2. The number of piperidine rings is 1. The van der Waals surface area contributed by atoms with E-state index in [1.165, 1.54) is 32.6 Å². The summed E-state index contributed by atoms with van der Waals surface area (Å²) < 4.78 is 11.0. The summed E-state index contributed by atoms with van der Waals surface area (Å²) in [5, 5.41) is 21.8. The molecule has 2 N–H and O–H groups in total. The molecule has 0 radical (unpaired) electrons. The molecule has 0 bridgehead atoms. The number of nitrogens with zero attached hydrogens (tertiary/aromatic N) is 7. The molecule has 18 nitrogen and oxygen atoms in total. The van der Waals surface area contributed by atoms with Gasteiger partial charge in [-0.1, -0.05) is 79.2 Å². The fraction of sp³-hybridized carbons (Fsp3) is 0.480. The minimum absolute atomic E-state index is 0.00975. The van der Waals surface area contributed by atoms with Crippen LogP contribution in [-0.2, 0) is 20.9 Å². The van der Waals surface area contributed by atoms with Gasteiger partial charge in [0.25, 0.3) is 17.7 Å². The third kappa shape index (κ3) is 11.9. The average Bonchev–Trinajstić information content (AvgIpc) is 3.92. The number of nitrogens with one attached hydrogen (secondary N) is 2. The third-order valence-corrected chi connectivity index (χ3v) is 14.0. The second-order valence-corrected chi connectivity index (χ2v) is 18.6. The lowest BCUT2D eigenvalue weighted by Crippen LogP contribution is -2.52. The molecule has 5 heterocycles. The number of piperazine rings is 2. The quantitative estimate of drug-likeness (QED) is 0.0438. The summed E-state index contributed by atoms with van der Waals surface area (Å²) in [5.41, 5.74) is 3.78. The Hall–Kier alpha value is -6.37.